The number of aromatic nitrogens is 1. The molecular weight excluding hydrogens is 403 g/mol. The van der Waals surface area contributed by atoms with Gasteiger partial charge in [0.25, 0.3) is 0 Å². The molecule has 0 amide bonds. The first-order chi connectivity index (χ1) is 14.5. The lowest BCUT2D eigenvalue weighted by molar-refractivity contribution is -0.239. The highest BCUT2D eigenvalue weighted by molar-refractivity contribution is 5.31. The largest absolute Gasteiger partial charge is 0.414 e. The number of benzene rings is 1. The molecule has 1 aromatic carbocycles. The summed E-state index contributed by atoms with van der Waals surface area (Å²) >= 11 is 0. The first-order valence-electron chi connectivity index (χ1n) is 10.4. The molecule has 0 unspecified atom stereocenters. The number of nitriles is 1. The molecule has 0 aliphatic carbocycles. The average Bonchev–Trinajstić information content (AvgIpc) is 3.18. The quantitative estimate of drug-likeness (QED) is 0.717. The van der Waals surface area contributed by atoms with E-state index in [1.807, 2.05) is 43.9 Å². The molecule has 2 aromatic rings. The lowest BCUT2D eigenvalue weighted by Gasteiger charge is -2.40. The Hall–Kier alpha value is -2.43. The summed E-state index contributed by atoms with van der Waals surface area (Å²) in [5.41, 5.74) is 1.37. The second-order valence-corrected chi connectivity index (χ2v) is 9.03. The van der Waals surface area contributed by atoms with Crippen molar-refractivity contribution in [1.82, 2.24) is 9.88 Å². The molecule has 0 spiro atoms. The fraction of sp³-hybridized carbons (Fsp3) is 0.500. The minimum Gasteiger partial charge on any atom is -0.383 e. The topological polar surface area (TPSA) is 60.2 Å². The standard InChI is InChI=1S/C24H28F3N3O/c1-17-4-9-20(15-29-17)22(2,3)30-13-12-23(16-30,21(31)24(25,26)27)11-10-18-5-7-19(14-28)8-6-18/h4-9,15,21,31H,10-13,16H2,1-3H3/t21-,23-/m1/s1. The number of alkyl halides is 3. The van der Waals surface area contributed by atoms with Gasteiger partial charge in [-0.1, -0.05) is 18.2 Å². The Morgan fingerprint density at radius 2 is 1.87 bits per heavy atom. The highest BCUT2D eigenvalue weighted by Crippen LogP contribution is 2.47. The van der Waals surface area contributed by atoms with Gasteiger partial charge in [0.1, 0.15) is 0 Å². The molecule has 2 atom stereocenters. The lowest BCUT2D eigenvalue weighted by Crippen LogP contribution is -2.49. The Morgan fingerprint density at radius 1 is 1.19 bits per heavy atom. The van der Waals surface area contributed by atoms with Crippen LogP contribution in [0.5, 0.6) is 0 Å². The number of hydrogen-bond donors (Lipinski definition) is 1. The molecule has 3 rings (SSSR count). The van der Waals surface area contributed by atoms with E-state index in [0.29, 0.717) is 18.5 Å². The molecular formula is C24H28F3N3O. The normalized spacial score (nSPS) is 21.1. The summed E-state index contributed by atoms with van der Waals surface area (Å²) in [5, 5.41) is 19.3. The smallest absolute Gasteiger partial charge is 0.383 e. The van der Waals surface area contributed by atoms with Crippen molar-refractivity contribution >= 4 is 0 Å². The van der Waals surface area contributed by atoms with E-state index < -0.39 is 23.2 Å². The number of hydrogen-bond acceptors (Lipinski definition) is 4. The van der Waals surface area contributed by atoms with E-state index in [0.717, 1.165) is 16.8 Å². The highest BCUT2D eigenvalue weighted by atomic mass is 19.4. The van der Waals surface area contributed by atoms with E-state index in [-0.39, 0.29) is 19.4 Å². The molecule has 0 radical (unpaired) electrons. The van der Waals surface area contributed by atoms with Crippen LogP contribution < -0.4 is 0 Å². The number of aryl methyl sites for hydroxylation is 2. The summed E-state index contributed by atoms with van der Waals surface area (Å²) in [4.78, 5) is 6.36. The molecule has 7 heteroatoms. The van der Waals surface area contributed by atoms with Crippen molar-refractivity contribution in [2.45, 2.75) is 57.9 Å². The van der Waals surface area contributed by atoms with Crippen molar-refractivity contribution in [3.8, 4) is 6.07 Å². The Morgan fingerprint density at radius 3 is 2.42 bits per heavy atom. The highest BCUT2D eigenvalue weighted by Gasteiger charge is 2.56. The summed E-state index contributed by atoms with van der Waals surface area (Å²) in [5.74, 6) is 0. The predicted molar refractivity (Wildman–Crippen MR) is 112 cm³/mol. The molecule has 166 valence electrons. The van der Waals surface area contributed by atoms with Crippen LogP contribution >= 0.6 is 0 Å². The zero-order valence-corrected chi connectivity index (χ0v) is 18.1. The van der Waals surface area contributed by atoms with Gasteiger partial charge in [0, 0.05) is 29.4 Å². The van der Waals surface area contributed by atoms with Crippen molar-refractivity contribution in [2.75, 3.05) is 13.1 Å². The fourth-order valence-corrected chi connectivity index (χ4v) is 4.44. The second-order valence-electron chi connectivity index (χ2n) is 9.03. The van der Waals surface area contributed by atoms with Crippen LogP contribution in [0.25, 0.3) is 0 Å². The Labute approximate surface area is 181 Å². The minimum atomic E-state index is -4.68. The van der Waals surface area contributed by atoms with Gasteiger partial charge in [0.2, 0.25) is 0 Å². The maximum atomic E-state index is 13.6. The average molecular weight is 432 g/mol. The molecule has 1 saturated heterocycles. The Kier molecular flexibility index (Phi) is 6.45. The number of rotatable bonds is 6. The first-order valence-corrected chi connectivity index (χ1v) is 10.4. The van der Waals surface area contributed by atoms with Crippen molar-refractivity contribution in [2.24, 2.45) is 5.41 Å². The van der Waals surface area contributed by atoms with Gasteiger partial charge in [0.05, 0.1) is 11.6 Å². The fourth-order valence-electron chi connectivity index (χ4n) is 4.44. The van der Waals surface area contributed by atoms with Crippen molar-refractivity contribution < 1.29 is 18.3 Å². The minimum absolute atomic E-state index is 0.144. The number of aliphatic hydroxyl groups excluding tert-OH is 1. The third kappa shape index (κ3) is 4.91. The molecule has 1 aliphatic rings. The molecule has 1 aliphatic heterocycles. The van der Waals surface area contributed by atoms with Gasteiger partial charge in [-0.05, 0) is 75.9 Å². The zero-order valence-electron chi connectivity index (χ0n) is 18.1. The van der Waals surface area contributed by atoms with Crippen LogP contribution in [0.2, 0.25) is 0 Å². The van der Waals surface area contributed by atoms with Gasteiger partial charge in [-0.25, -0.2) is 0 Å². The molecule has 0 saturated carbocycles. The van der Waals surface area contributed by atoms with Gasteiger partial charge >= 0.3 is 6.18 Å². The summed E-state index contributed by atoms with van der Waals surface area (Å²) in [7, 11) is 0. The SMILES string of the molecule is Cc1ccc(C(C)(C)N2CC[C@@](CCc3ccc(C#N)cc3)([C@@H](O)C(F)(F)F)C2)cn1. The number of aliphatic hydroxyl groups is 1. The molecule has 31 heavy (non-hydrogen) atoms. The summed E-state index contributed by atoms with van der Waals surface area (Å²) in [6, 6.07) is 12.8. The van der Waals surface area contributed by atoms with Gasteiger partial charge in [-0.2, -0.15) is 18.4 Å². The molecule has 1 aromatic heterocycles. The van der Waals surface area contributed by atoms with Crippen molar-refractivity contribution in [3.05, 3.63) is 65.0 Å². The van der Waals surface area contributed by atoms with Crippen LogP contribution in [-0.4, -0.2) is 40.4 Å². The van der Waals surface area contributed by atoms with Crippen LogP contribution in [0, 0.1) is 23.7 Å². The first kappa shape index (κ1) is 23.2. The van der Waals surface area contributed by atoms with Crippen LogP contribution in [0.3, 0.4) is 0 Å². The number of likely N-dealkylation sites (tertiary alicyclic amines) is 1. The maximum Gasteiger partial charge on any atom is 0.414 e. The molecule has 0 bridgehead atoms. The lowest BCUT2D eigenvalue weighted by atomic mass is 9.75. The van der Waals surface area contributed by atoms with Crippen LogP contribution in [0.4, 0.5) is 13.2 Å². The molecule has 1 N–H and O–H groups in total. The Balaban J connectivity index is 1.84. The van der Waals surface area contributed by atoms with Crippen LogP contribution in [0.15, 0.2) is 42.6 Å². The van der Waals surface area contributed by atoms with E-state index in [2.05, 4.69) is 4.98 Å². The van der Waals surface area contributed by atoms with E-state index in [1.54, 1.807) is 30.5 Å². The summed E-state index contributed by atoms with van der Waals surface area (Å²) in [6.45, 7) is 6.46. The summed E-state index contributed by atoms with van der Waals surface area (Å²) in [6.07, 6.45) is -4.44. The van der Waals surface area contributed by atoms with E-state index in [1.165, 1.54) is 0 Å². The predicted octanol–water partition coefficient (Wildman–Crippen LogP) is 4.74. The zero-order chi connectivity index (χ0) is 22.9. The molecule has 2 heterocycles. The number of nitrogens with zero attached hydrogens (tertiary/aromatic N) is 3. The van der Waals surface area contributed by atoms with Gasteiger partial charge < -0.3 is 5.11 Å². The van der Waals surface area contributed by atoms with Gasteiger partial charge in [-0.15, -0.1) is 0 Å². The molecule has 4 nitrogen and oxygen atoms in total. The maximum absolute atomic E-state index is 13.6. The second kappa shape index (κ2) is 8.60. The third-order valence-electron chi connectivity index (χ3n) is 6.68. The monoisotopic (exact) mass is 431 g/mol. The number of halogens is 3. The van der Waals surface area contributed by atoms with E-state index in [4.69, 9.17) is 5.26 Å². The van der Waals surface area contributed by atoms with Crippen molar-refractivity contribution in [3.63, 3.8) is 0 Å². The van der Waals surface area contributed by atoms with Gasteiger partial charge in [-0.3, -0.25) is 9.88 Å². The van der Waals surface area contributed by atoms with Crippen molar-refractivity contribution in [1.29, 1.82) is 5.26 Å². The van der Waals surface area contributed by atoms with Crippen LogP contribution in [-0.2, 0) is 12.0 Å². The molecule has 1 fully saturated rings. The van der Waals surface area contributed by atoms with E-state index >= 15 is 0 Å². The van der Waals surface area contributed by atoms with Crippen LogP contribution in [0.1, 0.15) is 49.1 Å². The number of pyridine rings is 1. The van der Waals surface area contributed by atoms with Gasteiger partial charge in [0.15, 0.2) is 6.10 Å². The third-order valence-corrected chi connectivity index (χ3v) is 6.68. The Bertz CT molecular complexity index is 933. The summed E-state index contributed by atoms with van der Waals surface area (Å²) < 4.78 is 40.9. The van der Waals surface area contributed by atoms with E-state index in [9.17, 15) is 18.3 Å².